The van der Waals surface area contributed by atoms with Gasteiger partial charge >= 0.3 is 0 Å². The third kappa shape index (κ3) is 3.93. The van der Waals surface area contributed by atoms with E-state index < -0.39 is 20.6 Å². The van der Waals surface area contributed by atoms with Crippen LogP contribution in [0.5, 0.6) is 0 Å². The third-order valence-corrected chi connectivity index (χ3v) is 5.81. The minimum absolute atomic E-state index is 0.0455. The first-order valence-electron chi connectivity index (χ1n) is 6.02. The number of benzene rings is 2. The van der Waals surface area contributed by atoms with E-state index in [0.29, 0.717) is 5.56 Å². The van der Waals surface area contributed by atoms with Gasteiger partial charge in [-0.25, -0.2) is 12.8 Å². The SMILES string of the molecule is N#C/C(=C\c1ccc(F)c(Br)c1)S(=O)(=O)c1cc(Cl)ccc1Cl. The number of hydrogen-bond acceptors (Lipinski definition) is 3. The summed E-state index contributed by atoms with van der Waals surface area (Å²) < 4.78 is 38.5. The number of nitriles is 1. The Bertz CT molecular complexity index is 952. The molecule has 0 radical (unpaired) electrons. The molecule has 0 bridgehead atoms. The molecule has 0 N–H and O–H groups in total. The Labute approximate surface area is 151 Å². The molecule has 8 heteroatoms. The summed E-state index contributed by atoms with van der Waals surface area (Å²) >= 11 is 14.7. The van der Waals surface area contributed by atoms with Crippen molar-refractivity contribution in [2.24, 2.45) is 0 Å². The summed E-state index contributed by atoms with van der Waals surface area (Å²) in [5, 5.41) is 9.34. The Balaban J connectivity index is 2.59. The summed E-state index contributed by atoms with van der Waals surface area (Å²) in [5.74, 6) is -0.499. The molecule has 118 valence electrons. The van der Waals surface area contributed by atoms with Crippen LogP contribution in [0.3, 0.4) is 0 Å². The van der Waals surface area contributed by atoms with Crippen molar-refractivity contribution in [3.63, 3.8) is 0 Å². The number of nitrogens with zero attached hydrogens (tertiary/aromatic N) is 1. The summed E-state index contributed by atoms with van der Waals surface area (Å²) in [4.78, 5) is -0.791. The molecule has 0 heterocycles. The van der Waals surface area contributed by atoms with Gasteiger partial charge in [0.15, 0.2) is 0 Å². The third-order valence-electron chi connectivity index (χ3n) is 2.82. The van der Waals surface area contributed by atoms with Gasteiger partial charge in [-0.3, -0.25) is 0 Å². The van der Waals surface area contributed by atoms with E-state index in [0.717, 1.165) is 12.1 Å². The topological polar surface area (TPSA) is 57.9 Å². The average Bonchev–Trinajstić information content (AvgIpc) is 2.50. The number of sulfone groups is 1. The molecular weight excluding hydrogens is 428 g/mol. The molecule has 2 aromatic carbocycles. The molecule has 3 nitrogen and oxygen atoms in total. The van der Waals surface area contributed by atoms with Crippen LogP contribution in [0.25, 0.3) is 6.08 Å². The van der Waals surface area contributed by atoms with Crippen molar-refractivity contribution in [1.82, 2.24) is 0 Å². The van der Waals surface area contributed by atoms with Crippen LogP contribution in [-0.4, -0.2) is 8.42 Å². The maximum absolute atomic E-state index is 13.2. The van der Waals surface area contributed by atoms with Gasteiger partial charge in [-0.05, 0) is 57.9 Å². The minimum atomic E-state index is -4.15. The van der Waals surface area contributed by atoms with Crippen molar-refractivity contribution in [2.45, 2.75) is 4.90 Å². The van der Waals surface area contributed by atoms with Crippen LogP contribution in [0.4, 0.5) is 4.39 Å². The highest BCUT2D eigenvalue weighted by atomic mass is 79.9. The fraction of sp³-hybridized carbons (Fsp3) is 0. The lowest BCUT2D eigenvalue weighted by Gasteiger charge is -2.06. The van der Waals surface area contributed by atoms with Crippen LogP contribution in [0, 0.1) is 17.1 Å². The molecule has 0 unspecified atom stereocenters. The van der Waals surface area contributed by atoms with E-state index in [-0.39, 0.29) is 19.4 Å². The van der Waals surface area contributed by atoms with Crippen LogP contribution in [-0.2, 0) is 9.84 Å². The number of halogens is 4. The lowest BCUT2D eigenvalue weighted by Crippen LogP contribution is -2.04. The predicted octanol–water partition coefficient (Wildman–Crippen LogP) is 5.23. The number of allylic oxidation sites excluding steroid dienone is 1. The molecule has 2 rings (SSSR count). The Morgan fingerprint density at radius 1 is 1.22 bits per heavy atom. The molecular formula is C15H7BrCl2FNO2S. The minimum Gasteiger partial charge on any atom is -0.218 e. The molecule has 0 amide bonds. The van der Waals surface area contributed by atoms with Crippen molar-refractivity contribution in [3.05, 3.63) is 67.2 Å². The summed E-state index contributed by atoms with van der Waals surface area (Å²) in [7, 11) is -4.15. The second-order valence-electron chi connectivity index (χ2n) is 4.37. The van der Waals surface area contributed by atoms with E-state index in [1.807, 2.05) is 0 Å². The van der Waals surface area contributed by atoms with Gasteiger partial charge in [0.1, 0.15) is 16.8 Å². The van der Waals surface area contributed by atoms with E-state index in [4.69, 9.17) is 23.2 Å². The summed E-state index contributed by atoms with van der Waals surface area (Å²) in [6.07, 6.45) is 1.14. The maximum Gasteiger partial charge on any atom is 0.218 e. The lowest BCUT2D eigenvalue weighted by molar-refractivity contribution is 0.603. The highest BCUT2D eigenvalue weighted by Crippen LogP contribution is 2.30. The van der Waals surface area contributed by atoms with E-state index in [9.17, 15) is 18.1 Å². The first-order valence-corrected chi connectivity index (χ1v) is 9.06. The highest BCUT2D eigenvalue weighted by Gasteiger charge is 2.24. The van der Waals surface area contributed by atoms with Crippen molar-refractivity contribution in [1.29, 1.82) is 5.26 Å². The largest absolute Gasteiger partial charge is 0.218 e. The molecule has 0 spiro atoms. The fourth-order valence-electron chi connectivity index (χ4n) is 1.73. The zero-order valence-electron chi connectivity index (χ0n) is 11.2. The van der Waals surface area contributed by atoms with Crippen LogP contribution < -0.4 is 0 Å². The van der Waals surface area contributed by atoms with Crippen LogP contribution >= 0.6 is 39.1 Å². The van der Waals surface area contributed by atoms with E-state index in [1.165, 1.54) is 30.3 Å². The molecule has 0 saturated carbocycles. The molecule has 2 aromatic rings. The van der Waals surface area contributed by atoms with Crippen molar-refractivity contribution >= 4 is 55.0 Å². The monoisotopic (exact) mass is 433 g/mol. The van der Waals surface area contributed by atoms with Crippen LogP contribution in [0.2, 0.25) is 10.0 Å². The first kappa shape index (κ1) is 18.0. The first-order chi connectivity index (χ1) is 10.8. The normalized spacial score (nSPS) is 12.0. The van der Waals surface area contributed by atoms with Gasteiger partial charge in [-0.1, -0.05) is 29.3 Å². The Hall–Kier alpha value is -1.39. The average molecular weight is 435 g/mol. The van der Waals surface area contributed by atoms with Crippen LogP contribution in [0.1, 0.15) is 5.56 Å². The van der Waals surface area contributed by atoms with Crippen molar-refractivity contribution in [2.75, 3.05) is 0 Å². The molecule has 0 aliphatic carbocycles. The van der Waals surface area contributed by atoms with E-state index >= 15 is 0 Å². The number of hydrogen-bond donors (Lipinski definition) is 0. The smallest absolute Gasteiger partial charge is 0.218 e. The van der Waals surface area contributed by atoms with Gasteiger partial charge in [0.05, 0.1) is 14.4 Å². The zero-order valence-corrected chi connectivity index (χ0v) is 15.1. The second kappa shape index (κ2) is 7.02. The number of rotatable bonds is 3. The molecule has 0 saturated heterocycles. The van der Waals surface area contributed by atoms with Gasteiger partial charge in [-0.15, -0.1) is 0 Å². The molecule has 23 heavy (non-hydrogen) atoms. The van der Waals surface area contributed by atoms with Gasteiger partial charge in [-0.2, -0.15) is 5.26 Å². The molecule has 0 atom stereocenters. The lowest BCUT2D eigenvalue weighted by atomic mass is 10.2. The van der Waals surface area contributed by atoms with Crippen LogP contribution in [0.15, 0.2) is 50.7 Å². The van der Waals surface area contributed by atoms with E-state index in [1.54, 1.807) is 6.07 Å². The van der Waals surface area contributed by atoms with Gasteiger partial charge in [0.25, 0.3) is 0 Å². The second-order valence-corrected chi connectivity index (χ2v) is 7.96. The zero-order chi connectivity index (χ0) is 17.2. The van der Waals surface area contributed by atoms with Gasteiger partial charge in [0.2, 0.25) is 9.84 Å². The summed E-state index contributed by atoms with van der Waals surface area (Å²) in [5.41, 5.74) is 0.344. The van der Waals surface area contributed by atoms with Crippen molar-refractivity contribution in [3.8, 4) is 6.07 Å². The van der Waals surface area contributed by atoms with Gasteiger partial charge in [0, 0.05) is 5.02 Å². The molecule has 0 aliphatic rings. The quantitative estimate of drug-likeness (QED) is 0.621. The summed E-state index contributed by atoms with van der Waals surface area (Å²) in [6, 6.07) is 9.45. The predicted molar refractivity (Wildman–Crippen MR) is 91.3 cm³/mol. The highest BCUT2D eigenvalue weighted by molar-refractivity contribution is 9.10. The molecule has 0 fully saturated rings. The van der Waals surface area contributed by atoms with E-state index in [2.05, 4.69) is 15.9 Å². The summed E-state index contributed by atoms with van der Waals surface area (Å²) in [6.45, 7) is 0. The molecule has 0 aromatic heterocycles. The van der Waals surface area contributed by atoms with Crippen molar-refractivity contribution < 1.29 is 12.8 Å². The Kier molecular flexibility index (Phi) is 5.48. The maximum atomic E-state index is 13.2. The Morgan fingerprint density at radius 2 is 1.91 bits per heavy atom. The standard InChI is InChI=1S/C15H7BrCl2FNO2S/c16-12-6-9(1-4-14(12)19)5-11(8-20)23(21,22)15-7-10(17)2-3-13(15)18/h1-7H/b11-5+. The van der Waals surface area contributed by atoms with Gasteiger partial charge < -0.3 is 0 Å². The molecule has 0 aliphatic heterocycles. The fourth-order valence-corrected chi connectivity index (χ4v) is 4.04. The Morgan fingerprint density at radius 3 is 2.52 bits per heavy atom.